The minimum Gasteiger partial charge on any atom is -0.394 e. The van der Waals surface area contributed by atoms with Crippen LogP contribution < -0.4 is 4.90 Å². The third-order valence-corrected chi connectivity index (χ3v) is 4.19. The number of hydrogen-bond donors (Lipinski definition) is 1. The lowest BCUT2D eigenvalue weighted by Crippen LogP contribution is -2.16. The summed E-state index contributed by atoms with van der Waals surface area (Å²) in [6.07, 6.45) is 8.10. The van der Waals surface area contributed by atoms with E-state index in [0.29, 0.717) is 0 Å². The fourth-order valence-electron chi connectivity index (χ4n) is 2.83. The fraction of sp³-hybridized carbons (Fsp3) is 0.333. The molecule has 2 aromatic heterocycles. The Morgan fingerprint density at radius 1 is 1.17 bits per heavy atom. The van der Waals surface area contributed by atoms with E-state index >= 15 is 0 Å². The minimum atomic E-state index is -0.0621. The van der Waals surface area contributed by atoms with Gasteiger partial charge in [0, 0.05) is 38.6 Å². The first kappa shape index (κ1) is 16.3. The lowest BCUT2D eigenvalue weighted by Gasteiger charge is -2.19. The number of aliphatic hydroxyl groups is 1. The largest absolute Gasteiger partial charge is 0.394 e. The number of benzene rings is 1. The van der Waals surface area contributed by atoms with Crippen LogP contribution in [0.1, 0.15) is 11.6 Å². The molecule has 3 aromatic rings. The Hall–Kier alpha value is -2.60. The Balaban J connectivity index is 1.83. The number of aliphatic hydroxyl groups excluding tert-OH is 1. The summed E-state index contributed by atoms with van der Waals surface area (Å²) in [4.78, 5) is 6.34. The number of rotatable bonds is 6. The van der Waals surface area contributed by atoms with Gasteiger partial charge in [-0.15, -0.1) is 0 Å². The lowest BCUT2D eigenvalue weighted by molar-refractivity contribution is 0.228. The molecule has 6 heteroatoms. The van der Waals surface area contributed by atoms with Crippen LogP contribution in [0.15, 0.2) is 49.2 Å². The van der Waals surface area contributed by atoms with Crippen molar-refractivity contribution in [3.8, 4) is 11.3 Å². The van der Waals surface area contributed by atoms with Crippen molar-refractivity contribution >= 4 is 5.69 Å². The van der Waals surface area contributed by atoms with Crippen molar-refractivity contribution < 1.29 is 5.11 Å². The van der Waals surface area contributed by atoms with Crippen molar-refractivity contribution in [3.63, 3.8) is 0 Å². The van der Waals surface area contributed by atoms with Crippen LogP contribution in [0, 0.1) is 0 Å². The normalized spacial score (nSPS) is 12.3. The van der Waals surface area contributed by atoms with Crippen molar-refractivity contribution in [2.45, 2.75) is 12.5 Å². The Morgan fingerprint density at radius 2 is 1.92 bits per heavy atom. The van der Waals surface area contributed by atoms with Crippen LogP contribution >= 0.6 is 0 Å². The van der Waals surface area contributed by atoms with Gasteiger partial charge in [-0.05, 0) is 24.1 Å². The highest BCUT2D eigenvalue weighted by atomic mass is 16.3. The van der Waals surface area contributed by atoms with Gasteiger partial charge in [-0.3, -0.25) is 4.68 Å². The Kier molecular flexibility index (Phi) is 4.66. The van der Waals surface area contributed by atoms with E-state index in [1.807, 2.05) is 44.3 Å². The Labute approximate surface area is 142 Å². The molecule has 126 valence electrons. The van der Waals surface area contributed by atoms with E-state index in [9.17, 15) is 5.11 Å². The van der Waals surface area contributed by atoms with Gasteiger partial charge in [0.25, 0.3) is 0 Å². The molecule has 0 saturated carbocycles. The molecule has 0 radical (unpaired) electrons. The van der Waals surface area contributed by atoms with Gasteiger partial charge in [-0.1, -0.05) is 12.1 Å². The van der Waals surface area contributed by atoms with Gasteiger partial charge in [0.15, 0.2) is 0 Å². The summed E-state index contributed by atoms with van der Waals surface area (Å²) in [5.74, 6) is 0. The van der Waals surface area contributed by atoms with E-state index in [1.165, 1.54) is 5.56 Å². The SMILES string of the molecule is CN(C)c1ccc(CC(CO)n2cncc2-c2cnn(C)c2)cc1. The maximum atomic E-state index is 9.90. The zero-order valence-electron chi connectivity index (χ0n) is 14.3. The lowest BCUT2D eigenvalue weighted by atomic mass is 10.1. The third-order valence-electron chi connectivity index (χ3n) is 4.19. The number of anilines is 1. The highest BCUT2D eigenvalue weighted by Crippen LogP contribution is 2.24. The zero-order valence-corrected chi connectivity index (χ0v) is 14.3. The Bertz CT molecular complexity index is 788. The number of nitrogens with zero attached hydrogens (tertiary/aromatic N) is 5. The van der Waals surface area contributed by atoms with Crippen molar-refractivity contribution in [3.05, 3.63) is 54.7 Å². The van der Waals surface area contributed by atoms with Crippen molar-refractivity contribution in [2.75, 3.05) is 25.6 Å². The van der Waals surface area contributed by atoms with Gasteiger partial charge < -0.3 is 14.6 Å². The molecule has 0 aliphatic rings. The molecule has 6 nitrogen and oxygen atoms in total. The number of aromatic nitrogens is 4. The van der Waals surface area contributed by atoms with Gasteiger partial charge in [0.2, 0.25) is 0 Å². The summed E-state index contributed by atoms with van der Waals surface area (Å²) < 4.78 is 3.79. The Morgan fingerprint density at radius 3 is 2.50 bits per heavy atom. The molecule has 0 bridgehead atoms. The predicted molar refractivity (Wildman–Crippen MR) is 95.0 cm³/mol. The molecule has 2 heterocycles. The van der Waals surface area contributed by atoms with E-state index in [-0.39, 0.29) is 12.6 Å². The van der Waals surface area contributed by atoms with Crippen LogP contribution in [0.25, 0.3) is 11.3 Å². The fourth-order valence-corrected chi connectivity index (χ4v) is 2.83. The molecular formula is C18H23N5O. The topological polar surface area (TPSA) is 59.1 Å². The number of hydrogen-bond acceptors (Lipinski definition) is 4. The van der Waals surface area contributed by atoms with Crippen LogP contribution in [0.5, 0.6) is 0 Å². The first-order valence-electron chi connectivity index (χ1n) is 7.96. The molecule has 1 N–H and O–H groups in total. The molecule has 1 aromatic carbocycles. The molecule has 0 amide bonds. The first-order chi connectivity index (χ1) is 11.6. The summed E-state index contributed by atoms with van der Waals surface area (Å²) in [6.45, 7) is 0.0546. The van der Waals surface area contributed by atoms with E-state index in [4.69, 9.17) is 0 Å². The van der Waals surface area contributed by atoms with Crippen LogP contribution in [-0.4, -0.2) is 45.1 Å². The van der Waals surface area contributed by atoms with Gasteiger partial charge in [-0.25, -0.2) is 4.98 Å². The van der Waals surface area contributed by atoms with Gasteiger partial charge in [0.1, 0.15) is 0 Å². The molecular weight excluding hydrogens is 302 g/mol. The molecule has 1 atom stereocenters. The summed E-state index contributed by atoms with van der Waals surface area (Å²) in [6, 6.07) is 8.35. The second-order valence-corrected chi connectivity index (χ2v) is 6.19. The summed E-state index contributed by atoms with van der Waals surface area (Å²) >= 11 is 0. The molecule has 0 aliphatic carbocycles. The molecule has 1 unspecified atom stereocenters. The maximum Gasteiger partial charge on any atom is 0.0954 e. The summed E-state index contributed by atoms with van der Waals surface area (Å²) in [5, 5.41) is 14.1. The molecule has 24 heavy (non-hydrogen) atoms. The van der Waals surface area contributed by atoms with E-state index in [2.05, 4.69) is 39.2 Å². The van der Waals surface area contributed by atoms with Crippen molar-refractivity contribution in [1.29, 1.82) is 0 Å². The van der Waals surface area contributed by atoms with E-state index in [1.54, 1.807) is 11.0 Å². The number of imidazole rings is 1. The van der Waals surface area contributed by atoms with Crippen LogP contribution in [0.2, 0.25) is 0 Å². The second kappa shape index (κ2) is 6.88. The van der Waals surface area contributed by atoms with Gasteiger partial charge in [-0.2, -0.15) is 5.10 Å². The molecule has 0 spiro atoms. The predicted octanol–water partition coefficient (Wildman–Crippen LogP) is 2.13. The average Bonchev–Trinajstić information content (AvgIpc) is 3.21. The molecule has 0 fully saturated rings. The third kappa shape index (κ3) is 3.33. The second-order valence-electron chi connectivity index (χ2n) is 6.19. The minimum absolute atomic E-state index is 0.0546. The van der Waals surface area contributed by atoms with E-state index < -0.39 is 0 Å². The number of aryl methyl sites for hydroxylation is 1. The highest BCUT2D eigenvalue weighted by Gasteiger charge is 2.16. The standard InChI is InChI=1S/C18H23N5O/c1-21(2)16-6-4-14(5-7-16)8-17(12-24)23-13-19-10-18(23)15-9-20-22(3)11-15/h4-7,9-11,13,17,24H,8,12H2,1-3H3. The monoisotopic (exact) mass is 325 g/mol. The highest BCUT2D eigenvalue weighted by molar-refractivity contribution is 5.57. The molecule has 0 saturated heterocycles. The summed E-state index contributed by atoms with van der Waals surface area (Å²) in [7, 11) is 5.94. The van der Waals surface area contributed by atoms with Crippen molar-refractivity contribution in [1.82, 2.24) is 19.3 Å². The molecule has 3 rings (SSSR count). The van der Waals surface area contributed by atoms with E-state index in [0.717, 1.165) is 23.4 Å². The van der Waals surface area contributed by atoms with Gasteiger partial charge in [0.05, 0.1) is 37.1 Å². The zero-order chi connectivity index (χ0) is 17.1. The quantitative estimate of drug-likeness (QED) is 0.754. The van der Waals surface area contributed by atoms with Crippen LogP contribution in [0.3, 0.4) is 0 Å². The maximum absolute atomic E-state index is 9.90. The van der Waals surface area contributed by atoms with Gasteiger partial charge >= 0.3 is 0 Å². The van der Waals surface area contributed by atoms with Crippen LogP contribution in [0.4, 0.5) is 5.69 Å². The smallest absolute Gasteiger partial charge is 0.0954 e. The molecule has 0 aliphatic heterocycles. The first-order valence-corrected chi connectivity index (χ1v) is 7.96. The summed E-state index contributed by atoms with van der Waals surface area (Å²) in [5.41, 5.74) is 4.31. The van der Waals surface area contributed by atoms with Crippen LogP contribution in [-0.2, 0) is 13.5 Å². The van der Waals surface area contributed by atoms with Crippen molar-refractivity contribution in [2.24, 2.45) is 7.05 Å². The average molecular weight is 325 g/mol.